The molecule has 2 aromatic rings. The molecule has 1 aromatic carbocycles. The number of rotatable bonds is 5. The molecule has 0 spiro atoms. The van der Waals surface area contributed by atoms with E-state index in [0.29, 0.717) is 22.7 Å². The van der Waals surface area contributed by atoms with E-state index >= 15 is 0 Å². The maximum absolute atomic E-state index is 5.93. The highest BCUT2D eigenvalue weighted by Crippen LogP contribution is 2.32. The molecule has 1 saturated carbocycles. The van der Waals surface area contributed by atoms with Crippen LogP contribution in [0.15, 0.2) is 34.9 Å². The van der Waals surface area contributed by atoms with Crippen molar-refractivity contribution in [1.29, 1.82) is 0 Å². The van der Waals surface area contributed by atoms with Crippen LogP contribution in [0.2, 0.25) is 5.02 Å². The van der Waals surface area contributed by atoms with Gasteiger partial charge in [0.15, 0.2) is 0 Å². The molecule has 0 unspecified atom stereocenters. The number of halogens is 2. The van der Waals surface area contributed by atoms with Crippen LogP contribution in [0.1, 0.15) is 24.0 Å². The predicted molar refractivity (Wildman–Crippen MR) is 88.1 cm³/mol. The second-order valence-electron chi connectivity index (χ2n) is 5.30. The first-order chi connectivity index (χ1) is 10.1. The second kappa shape index (κ2) is 6.34. The normalized spacial score (nSPS) is 14.2. The van der Waals surface area contributed by atoms with Crippen LogP contribution >= 0.6 is 27.5 Å². The van der Waals surface area contributed by atoms with Crippen molar-refractivity contribution in [2.24, 2.45) is 0 Å². The lowest BCUT2D eigenvalue weighted by molar-refractivity contribution is 0.455. The molecule has 3 nitrogen and oxygen atoms in total. The van der Waals surface area contributed by atoms with Gasteiger partial charge in [0.25, 0.3) is 0 Å². The van der Waals surface area contributed by atoms with Gasteiger partial charge in [-0.25, -0.2) is 4.98 Å². The fourth-order valence-corrected chi connectivity index (χ4v) is 2.80. The van der Waals surface area contributed by atoms with Crippen molar-refractivity contribution in [1.82, 2.24) is 10.3 Å². The maximum Gasteiger partial charge on any atom is 0.222 e. The molecule has 5 heteroatoms. The fraction of sp³-hybridized carbons (Fsp3) is 0.312. The minimum Gasteiger partial charge on any atom is -0.438 e. The molecule has 0 atom stereocenters. The number of hydrogen-bond donors (Lipinski definition) is 1. The van der Waals surface area contributed by atoms with E-state index in [1.165, 1.54) is 18.4 Å². The number of aromatic nitrogens is 1. The van der Waals surface area contributed by atoms with Gasteiger partial charge in [0.05, 0.1) is 4.47 Å². The smallest absolute Gasteiger partial charge is 0.222 e. The van der Waals surface area contributed by atoms with Crippen LogP contribution < -0.4 is 10.1 Å². The standard InChI is InChI=1S/C16H16BrClN2O/c1-10-6-11(8-19-13-3-4-13)9-20-16(10)21-15-5-2-12(18)7-14(15)17/h2,5-7,9,13,19H,3-4,8H2,1H3. The minimum absolute atomic E-state index is 0.619. The van der Waals surface area contributed by atoms with Gasteiger partial charge < -0.3 is 10.1 Å². The van der Waals surface area contributed by atoms with Gasteiger partial charge in [0.2, 0.25) is 5.88 Å². The highest BCUT2D eigenvalue weighted by atomic mass is 79.9. The minimum atomic E-state index is 0.619. The van der Waals surface area contributed by atoms with Gasteiger partial charge >= 0.3 is 0 Å². The van der Waals surface area contributed by atoms with Crippen LogP contribution in [-0.4, -0.2) is 11.0 Å². The largest absolute Gasteiger partial charge is 0.438 e. The molecule has 1 aromatic heterocycles. The SMILES string of the molecule is Cc1cc(CNC2CC2)cnc1Oc1ccc(Cl)cc1Br. The highest BCUT2D eigenvalue weighted by Gasteiger charge is 2.20. The van der Waals surface area contributed by atoms with Crippen molar-refractivity contribution in [2.75, 3.05) is 0 Å². The highest BCUT2D eigenvalue weighted by molar-refractivity contribution is 9.10. The maximum atomic E-state index is 5.93. The molecule has 1 aliphatic carbocycles. The van der Waals surface area contributed by atoms with Gasteiger partial charge in [-0.15, -0.1) is 0 Å². The summed E-state index contributed by atoms with van der Waals surface area (Å²) < 4.78 is 6.67. The van der Waals surface area contributed by atoms with Crippen LogP contribution in [-0.2, 0) is 6.54 Å². The molecule has 0 aliphatic heterocycles. The van der Waals surface area contributed by atoms with Gasteiger partial charge in [-0.05, 0) is 65.5 Å². The first kappa shape index (κ1) is 14.8. The van der Waals surface area contributed by atoms with Crippen LogP contribution in [0.25, 0.3) is 0 Å². The number of benzene rings is 1. The molecule has 0 amide bonds. The van der Waals surface area contributed by atoms with Gasteiger partial charge in [-0.1, -0.05) is 11.6 Å². The number of aryl methyl sites for hydroxylation is 1. The summed E-state index contributed by atoms with van der Waals surface area (Å²) in [6, 6.07) is 8.24. The van der Waals surface area contributed by atoms with Gasteiger partial charge in [-0.2, -0.15) is 0 Å². The van der Waals surface area contributed by atoms with E-state index < -0.39 is 0 Å². The molecule has 0 radical (unpaired) electrons. The molecule has 3 rings (SSSR count). The van der Waals surface area contributed by atoms with Crippen LogP contribution in [0.5, 0.6) is 11.6 Å². The first-order valence-electron chi connectivity index (χ1n) is 6.93. The zero-order valence-corrected chi connectivity index (χ0v) is 14.0. The fourth-order valence-electron chi connectivity index (χ4n) is 2.04. The molecule has 110 valence electrons. The third kappa shape index (κ3) is 3.96. The van der Waals surface area contributed by atoms with E-state index in [1.54, 1.807) is 12.1 Å². The van der Waals surface area contributed by atoms with Gasteiger partial charge in [0, 0.05) is 29.4 Å². The van der Waals surface area contributed by atoms with Crippen molar-refractivity contribution >= 4 is 27.5 Å². The summed E-state index contributed by atoms with van der Waals surface area (Å²) in [5.41, 5.74) is 2.20. The summed E-state index contributed by atoms with van der Waals surface area (Å²) in [6.07, 6.45) is 4.44. The Hall–Kier alpha value is -1.10. The summed E-state index contributed by atoms with van der Waals surface area (Å²) in [4.78, 5) is 4.42. The Morgan fingerprint density at radius 2 is 2.19 bits per heavy atom. The Morgan fingerprint density at radius 1 is 1.38 bits per heavy atom. The topological polar surface area (TPSA) is 34.2 Å². The monoisotopic (exact) mass is 366 g/mol. The third-order valence-corrected chi connectivity index (χ3v) is 4.21. The summed E-state index contributed by atoms with van der Waals surface area (Å²) >= 11 is 9.37. The van der Waals surface area contributed by atoms with Crippen molar-refractivity contribution in [3.63, 3.8) is 0 Å². The van der Waals surface area contributed by atoms with E-state index in [-0.39, 0.29) is 0 Å². The Morgan fingerprint density at radius 3 is 2.86 bits per heavy atom. The Balaban J connectivity index is 1.72. The first-order valence-corrected chi connectivity index (χ1v) is 8.11. The van der Waals surface area contributed by atoms with E-state index in [4.69, 9.17) is 16.3 Å². The lowest BCUT2D eigenvalue weighted by Gasteiger charge is -2.11. The molecule has 1 N–H and O–H groups in total. The number of ether oxygens (including phenoxy) is 1. The molecular formula is C16H16BrClN2O. The quantitative estimate of drug-likeness (QED) is 0.820. The molecule has 1 heterocycles. The molecule has 0 saturated heterocycles. The average molecular weight is 368 g/mol. The van der Waals surface area contributed by atoms with Gasteiger partial charge in [0.1, 0.15) is 5.75 Å². The number of hydrogen-bond acceptors (Lipinski definition) is 3. The number of nitrogens with one attached hydrogen (secondary N) is 1. The Kier molecular flexibility index (Phi) is 4.48. The van der Waals surface area contributed by atoms with E-state index in [2.05, 4.69) is 32.3 Å². The summed E-state index contributed by atoms with van der Waals surface area (Å²) in [7, 11) is 0. The summed E-state index contributed by atoms with van der Waals surface area (Å²) in [5, 5.41) is 4.15. The second-order valence-corrected chi connectivity index (χ2v) is 6.59. The zero-order valence-electron chi connectivity index (χ0n) is 11.7. The van der Waals surface area contributed by atoms with E-state index in [0.717, 1.165) is 16.6 Å². The molecule has 1 fully saturated rings. The average Bonchev–Trinajstić information content (AvgIpc) is 3.26. The lowest BCUT2D eigenvalue weighted by atomic mass is 10.2. The molecule has 1 aliphatic rings. The third-order valence-electron chi connectivity index (χ3n) is 3.36. The molecular weight excluding hydrogens is 352 g/mol. The van der Waals surface area contributed by atoms with Crippen molar-refractivity contribution in [3.8, 4) is 11.6 Å². The Labute approximate surface area is 137 Å². The summed E-state index contributed by atoms with van der Waals surface area (Å²) in [6.45, 7) is 2.87. The number of nitrogens with zero attached hydrogens (tertiary/aromatic N) is 1. The predicted octanol–water partition coefficient (Wildman–Crippen LogP) is 4.85. The molecule has 21 heavy (non-hydrogen) atoms. The van der Waals surface area contributed by atoms with E-state index in [1.807, 2.05) is 19.2 Å². The lowest BCUT2D eigenvalue weighted by Crippen LogP contribution is -2.15. The zero-order chi connectivity index (χ0) is 14.8. The number of pyridine rings is 1. The van der Waals surface area contributed by atoms with Crippen LogP contribution in [0.4, 0.5) is 0 Å². The van der Waals surface area contributed by atoms with Crippen molar-refractivity contribution in [2.45, 2.75) is 32.4 Å². The van der Waals surface area contributed by atoms with Crippen LogP contribution in [0, 0.1) is 6.92 Å². The Bertz CT molecular complexity index is 659. The van der Waals surface area contributed by atoms with Crippen LogP contribution in [0.3, 0.4) is 0 Å². The summed E-state index contributed by atoms with van der Waals surface area (Å²) in [5.74, 6) is 1.33. The van der Waals surface area contributed by atoms with Crippen molar-refractivity contribution < 1.29 is 4.74 Å². The molecule has 0 bridgehead atoms. The van der Waals surface area contributed by atoms with Gasteiger partial charge in [-0.3, -0.25) is 0 Å². The van der Waals surface area contributed by atoms with Crippen molar-refractivity contribution in [3.05, 3.63) is 51.1 Å². The van der Waals surface area contributed by atoms with E-state index in [9.17, 15) is 0 Å².